The van der Waals surface area contributed by atoms with Gasteiger partial charge in [-0.15, -0.1) is 11.3 Å². The van der Waals surface area contributed by atoms with Crippen molar-refractivity contribution >= 4 is 27.5 Å². The minimum atomic E-state index is 0.0817. The van der Waals surface area contributed by atoms with E-state index < -0.39 is 0 Å². The number of quaternary nitrogens is 1. The molecule has 3 rings (SSSR count). The SMILES string of the molecule is C[C@H](CNC(=O)C[NH+](C)[C@@H](C)c1nc2ccccc2s1)c1ccccc1. The molecule has 2 N–H and O–H groups in total. The molecule has 0 spiro atoms. The Bertz CT molecular complexity index is 829. The van der Waals surface area contributed by atoms with E-state index in [1.165, 1.54) is 10.3 Å². The number of nitrogens with zero attached hydrogens (tertiary/aromatic N) is 1. The number of amides is 1. The quantitative estimate of drug-likeness (QED) is 0.674. The molecule has 0 fully saturated rings. The second-order valence-corrected chi connectivity index (χ2v) is 7.94. The summed E-state index contributed by atoms with van der Waals surface area (Å²) in [6.45, 7) is 5.37. The van der Waals surface area contributed by atoms with E-state index in [0.29, 0.717) is 19.0 Å². The number of thiazole rings is 1. The van der Waals surface area contributed by atoms with Crippen LogP contribution in [-0.4, -0.2) is 31.0 Å². The van der Waals surface area contributed by atoms with Crippen LogP contribution in [0.1, 0.15) is 36.4 Å². The van der Waals surface area contributed by atoms with Crippen molar-refractivity contribution in [3.05, 3.63) is 65.2 Å². The molecule has 5 heteroatoms. The van der Waals surface area contributed by atoms with Crippen LogP contribution >= 0.6 is 11.3 Å². The van der Waals surface area contributed by atoms with Gasteiger partial charge in [0.15, 0.2) is 11.6 Å². The van der Waals surface area contributed by atoms with Crippen LogP contribution in [-0.2, 0) is 4.79 Å². The molecule has 1 amide bonds. The Hall–Kier alpha value is -2.24. The van der Waals surface area contributed by atoms with Crippen molar-refractivity contribution in [1.29, 1.82) is 0 Å². The molecule has 1 aromatic heterocycles. The number of nitrogens with one attached hydrogen (secondary N) is 2. The molecule has 0 bridgehead atoms. The monoisotopic (exact) mass is 368 g/mol. The Morgan fingerprint density at radius 1 is 1.12 bits per heavy atom. The number of fused-ring (bicyclic) bond motifs is 1. The zero-order valence-electron chi connectivity index (χ0n) is 15.5. The van der Waals surface area contributed by atoms with Gasteiger partial charge in [-0.1, -0.05) is 49.4 Å². The zero-order chi connectivity index (χ0) is 18.5. The van der Waals surface area contributed by atoms with Crippen LogP contribution in [0.25, 0.3) is 10.2 Å². The number of carbonyl (C=O) groups excluding carboxylic acids is 1. The largest absolute Gasteiger partial charge is 0.351 e. The smallest absolute Gasteiger partial charge is 0.275 e. The Kier molecular flexibility index (Phi) is 6.01. The van der Waals surface area contributed by atoms with Crippen molar-refractivity contribution in [2.75, 3.05) is 20.1 Å². The number of hydrogen-bond donors (Lipinski definition) is 2. The first-order chi connectivity index (χ1) is 12.5. The second kappa shape index (κ2) is 8.43. The molecule has 0 aliphatic heterocycles. The summed E-state index contributed by atoms with van der Waals surface area (Å²) in [7, 11) is 2.05. The number of aromatic nitrogens is 1. The number of carbonyl (C=O) groups is 1. The first-order valence-corrected chi connectivity index (χ1v) is 9.85. The number of rotatable bonds is 7. The van der Waals surface area contributed by atoms with Crippen LogP contribution < -0.4 is 10.2 Å². The first kappa shape index (κ1) is 18.5. The number of para-hydroxylation sites is 1. The summed E-state index contributed by atoms with van der Waals surface area (Å²) in [5, 5.41) is 4.15. The fourth-order valence-electron chi connectivity index (χ4n) is 2.92. The molecule has 0 radical (unpaired) electrons. The third-order valence-corrected chi connectivity index (χ3v) is 6.05. The summed E-state index contributed by atoms with van der Waals surface area (Å²) < 4.78 is 1.20. The fourth-order valence-corrected chi connectivity index (χ4v) is 4.03. The third kappa shape index (κ3) is 4.48. The number of hydrogen-bond acceptors (Lipinski definition) is 3. The highest BCUT2D eigenvalue weighted by molar-refractivity contribution is 7.18. The lowest BCUT2D eigenvalue weighted by molar-refractivity contribution is -0.902. The highest BCUT2D eigenvalue weighted by Gasteiger charge is 2.22. The molecule has 3 aromatic rings. The van der Waals surface area contributed by atoms with Crippen LogP contribution in [0.15, 0.2) is 54.6 Å². The van der Waals surface area contributed by atoms with Gasteiger partial charge in [-0.2, -0.15) is 0 Å². The fraction of sp³-hybridized carbons (Fsp3) is 0.333. The molecule has 3 atom stereocenters. The zero-order valence-corrected chi connectivity index (χ0v) is 16.3. The van der Waals surface area contributed by atoms with Gasteiger partial charge in [0.1, 0.15) is 6.04 Å². The van der Waals surface area contributed by atoms with Gasteiger partial charge in [-0.25, -0.2) is 4.98 Å². The molecule has 4 nitrogen and oxygen atoms in total. The van der Waals surface area contributed by atoms with E-state index in [1.807, 2.05) is 36.4 Å². The standard InChI is InChI=1S/C21H25N3OS/c1-15(17-9-5-4-6-10-17)13-22-20(25)14-24(3)16(2)21-23-18-11-7-8-12-19(18)26-21/h4-12,15-16H,13-14H2,1-3H3,(H,22,25)/p+1/t15-,16+/m1/s1. The first-order valence-electron chi connectivity index (χ1n) is 9.04. The van der Waals surface area contributed by atoms with Gasteiger partial charge >= 0.3 is 0 Å². The average molecular weight is 369 g/mol. The summed E-state index contributed by atoms with van der Waals surface area (Å²) in [6, 6.07) is 18.6. The van der Waals surface area contributed by atoms with Crippen molar-refractivity contribution in [1.82, 2.24) is 10.3 Å². The lowest BCUT2D eigenvalue weighted by Crippen LogP contribution is -3.10. The summed E-state index contributed by atoms with van der Waals surface area (Å²) in [4.78, 5) is 18.2. The second-order valence-electron chi connectivity index (χ2n) is 6.88. The summed E-state index contributed by atoms with van der Waals surface area (Å²) in [6.07, 6.45) is 0. The topological polar surface area (TPSA) is 46.4 Å². The predicted octanol–water partition coefficient (Wildman–Crippen LogP) is 2.79. The average Bonchev–Trinajstić information content (AvgIpc) is 3.10. The lowest BCUT2D eigenvalue weighted by Gasteiger charge is -2.20. The maximum Gasteiger partial charge on any atom is 0.275 e. The highest BCUT2D eigenvalue weighted by Crippen LogP contribution is 2.24. The van der Waals surface area contributed by atoms with E-state index in [2.05, 4.69) is 44.4 Å². The van der Waals surface area contributed by atoms with Crippen LogP contribution in [0.2, 0.25) is 0 Å². The van der Waals surface area contributed by atoms with Crippen LogP contribution in [0.4, 0.5) is 0 Å². The maximum absolute atomic E-state index is 12.3. The van der Waals surface area contributed by atoms with Gasteiger partial charge in [0.05, 0.1) is 17.3 Å². The Labute approximate surface area is 158 Å². The lowest BCUT2D eigenvalue weighted by atomic mass is 10.0. The van der Waals surface area contributed by atoms with Crippen molar-refractivity contribution < 1.29 is 9.69 Å². The van der Waals surface area contributed by atoms with Gasteiger partial charge in [0.2, 0.25) is 0 Å². The summed E-state index contributed by atoms with van der Waals surface area (Å²) >= 11 is 1.71. The Morgan fingerprint density at radius 2 is 1.81 bits per heavy atom. The Morgan fingerprint density at radius 3 is 2.54 bits per heavy atom. The molecular formula is C21H26N3OS+. The van der Waals surface area contributed by atoms with Crippen molar-refractivity contribution in [2.45, 2.75) is 25.8 Å². The third-order valence-electron chi connectivity index (χ3n) is 4.83. The van der Waals surface area contributed by atoms with Gasteiger partial charge < -0.3 is 10.2 Å². The van der Waals surface area contributed by atoms with Gasteiger partial charge in [-0.05, 0) is 30.5 Å². The molecule has 2 aromatic carbocycles. The normalized spacial score (nSPS) is 14.7. The van der Waals surface area contributed by atoms with E-state index in [-0.39, 0.29) is 11.9 Å². The van der Waals surface area contributed by atoms with Gasteiger partial charge in [0.25, 0.3) is 5.91 Å². The molecule has 1 heterocycles. The molecule has 26 heavy (non-hydrogen) atoms. The minimum absolute atomic E-state index is 0.0817. The highest BCUT2D eigenvalue weighted by atomic mass is 32.1. The van der Waals surface area contributed by atoms with Crippen molar-refractivity contribution in [2.24, 2.45) is 0 Å². The minimum Gasteiger partial charge on any atom is -0.351 e. The molecule has 0 aliphatic rings. The van der Waals surface area contributed by atoms with Crippen LogP contribution in [0.3, 0.4) is 0 Å². The molecular weight excluding hydrogens is 342 g/mol. The number of likely N-dealkylation sites (N-methyl/N-ethyl adjacent to an activating group) is 1. The van der Waals surface area contributed by atoms with E-state index in [1.54, 1.807) is 11.3 Å². The van der Waals surface area contributed by atoms with Crippen molar-refractivity contribution in [3.63, 3.8) is 0 Å². The predicted molar refractivity (Wildman–Crippen MR) is 108 cm³/mol. The molecule has 136 valence electrons. The summed E-state index contributed by atoms with van der Waals surface area (Å²) in [5.74, 6) is 0.389. The molecule has 1 unspecified atom stereocenters. The molecule has 0 aliphatic carbocycles. The van der Waals surface area contributed by atoms with Crippen molar-refractivity contribution in [3.8, 4) is 0 Å². The van der Waals surface area contributed by atoms with Crippen LogP contribution in [0, 0.1) is 0 Å². The molecule has 0 saturated carbocycles. The Balaban J connectivity index is 1.53. The van der Waals surface area contributed by atoms with Crippen LogP contribution in [0.5, 0.6) is 0 Å². The van der Waals surface area contributed by atoms with Gasteiger partial charge in [0, 0.05) is 6.54 Å². The van der Waals surface area contributed by atoms with E-state index in [9.17, 15) is 4.79 Å². The van der Waals surface area contributed by atoms with Gasteiger partial charge in [-0.3, -0.25) is 4.79 Å². The van der Waals surface area contributed by atoms with E-state index in [4.69, 9.17) is 4.98 Å². The number of benzene rings is 2. The summed E-state index contributed by atoms with van der Waals surface area (Å²) in [5.41, 5.74) is 2.28. The maximum atomic E-state index is 12.3. The molecule has 0 saturated heterocycles. The van der Waals surface area contributed by atoms with E-state index >= 15 is 0 Å². The van der Waals surface area contributed by atoms with E-state index in [0.717, 1.165) is 15.4 Å².